The standard InChI is InChI=1S/C27H35N5O6S/c1-18(2)39(37,38)31-22(15-19-7-4-3-5-8-19)25(35)32-14-6-13-27(32,16-23(33)34)26(36)30-17-20-9-11-21(12-10-20)24(28)29/h3-5,7-12,18,22,31H,6,13-17H2,1-2H3,(H3,28,29)(H,30,36)(H,33,34)/t22-,27-/m1/s1. The van der Waals surface area contributed by atoms with E-state index >= 15 is 0 Å². The topological polar surface area (TPSA) is 183 Å². The summed E-state index contributed by atoms with van der Waals surface area (Å²) in [6.45, 7) is 3.16. The first-order valence-electron chi connectivity index (χ1n) is 12.7. The second kappa shape index (κ2) is 12.4. The van der Waals surface area contributed by atoms with Crippen LogP contribution in [-0.4, -0.2) is 65.4 Å². The van der Waals surface area contributed by atoms with E-state index in [0.29, 0.717) is 23.1 Å². The maximum absolute atomic E-state index is 13.9. The fourth-order valence-electron chi connectivity index (χ4n) is 4.65. The van der Waals surface area contributed by atoms with Gasteiger partial charge in [0.15, 0.2) is 0 Å². The molecule has 12 heteroatoms. The van der Waals surface area contributed by atoms with Crippen LogP contribution in [0.5, 0.6) is 0 Å². The Morgan fingerprint density at radius 2 is 1.72 bits per heavy atom. The summed E-state index contributed by atoms with van der Waals surface area (Å²) in [4.78, 5) is 40.7. The second-order valence-corrected chi connectivity index (χ2v) is 12.2. The van der Waals surface area contributed by atoms with Gasteiger partial charge >= 0.3 is 5.97 Å². The molecule has 2 aromatic rings. The first kappa shape index (κ1) is 29.8. The van der Waals surface area contributed by atoms with Crippen LogP contribution in [-0.2, 0) is 37.4 Å². The molecule has 0 radical (unpaired) electrons. The van der Waals surface area contributed by atoms with Gasteiger partial charge in [0.05, 0.1) is 11.7 Å². The van der Waals surface area contributed by atoms with E-state index < -0.39 is 51.1 Å². The number of hydrogen-bond donors (Lipinski definition) is 5. The van der Waals surface area contributed by atoms with Gasteiger partial charge in [0.2, 0.25) is 21.8 Å². The molecule has 1 fully saturated rings. The van der Waals surface area contributed by atoms with Crippen LogP contribution in [0.2, 0.25) is 0 Å². The molecule has 1 saturated heterocycles. The fourth-order valence-corrected chi connectivity index (χ4v) is 5.50. The van der Waals surface area contributed by atoms with E-state index in [2.05, 4.69) is 10.0 Å². The Morgan fingerprint density at radius 3 is 2.28 bits per heavy atom. The van der Waals surface area contributed by atoms with Crippen LogP contribution in [0, 0.1) is 5.41 Å². The summed E-state index contributed by atoms with van der Waals surface area (Å²) < 4.78 is 28.0. The molecule has 1 heterocycles. The molecule has 210 valence electrons. The maximum atomic E-state index is 13.9. The number of nitrogen functional groups attached to an aromatic ring is 1. The SMILES string of the molecule is CC(C)S(=O)(=O)N[C@H](Cc1ccccc1)C(=O)N1CCC[C@@]1(CC(=O)O)C(=O)NCc1ccc(C(=N)N)cc1. The van der Waals surface area contributed by atoms with Crippen molar-refractivity contribution in [1.29, 1.82) is 5.41 Å². The summed E-state index contributed by atoms with van der Waals surface area (Å²) in [6.07, 6.45) is -0.0813. The van der Waals surface area contributed by atoms with Crippen molar-refractivity contribution in [3.8, 4) is 0 Å². The van der Waals surface area contributed by atoms with Crippen LogP contribution >= 0.6 is 0 Å². The van der Waals surface area contributed by atoms with E-state index in [9.17, 15) is 27.9 Å². The van der Waals surface area contributed by atoms with Gasteiger partial charge in [-0.05, 0) is 44.2 Å². The molecule has 0 bridgehead atoms. The molecule has 0 spiro atoms. The first-order chi connectivity index (χ1) is 18.4. The van der Waals surface area contributed by atoms with Crippen molar-refractivity contribution in [2.24, 2.45) is 5.73 Å². The van der Waals surface area contributed by atoms with Gasteiger partial charge in [-0.25, -0.2) is 13.1 Å². The molecule has 2 aromatic carbocycles. The zero-order chi connectivity index (χ0) is 28.8. The molecule has 0 saturated carbocycles. The average Bonchev–Trinajstić information content (AvgIpc) is 3.31. The number of likely N-dealkylation sites (tertiary alicyclic amines) is 1. The molecular formula is C27H35N5O6S. The number of amides is 2. The minimum Gasteiger partial charge on any atom is -0.481 e. The molecule has 2 atom stereocenters. The number of nitrogens with zero attached hydrogens (tertiary/aromatic N) is 1. The number of hydrogen-bond acceptors (Lipinski definition) is 6. The lowest BCUT2D eigenvalue weighted by atomic mass is 9.89. The van der Waals surface area contributed by atoms with Crippen LogP contribution in [0.3, 0.4) is 0 Å². The third kappa shape index (κ3) is 7.21. The van der Waals surface area contributed by atoms with Gasteiger partial charge in [-0.2, -0.15) is 0 Å². The minimum atomic E-state index is -3.87. The third-order valence-electron chi connectivity index (χ3n) is 6.85. The Kier molecular flexibility index (Phi) is 9.46. The average molecular weight is 558 g/mol. The van der Waals surface area contributed by atoms with Gasteiger partial charge in [0.25, 0.3) is 0 Å². The number of rotatable bonds is 12. The summed E-state index contributed by atoms with van der Waals surface area (Å²) in [5, 5.41) is 19.2. The van der Waals surface area contributed by atoms with Gasteiger partial charge in [0.1, 0.15) is 17.4 Å². The lowest BCUT2D eigenvalue weighted by Crippen LogP contribution is -2.62. The van der Waals surface area contributed by atoms with E-state index in [4.69, 9.17) is 11.1 Å². The highest BCUT2D eigenvalue weighted by atomic mass is 32.2. The van der Waals surface area contributed by atoms with E-state index in [-0.39, 0.29) is 31.8 Å². The number of sulfonamides is 1. The van der Waals surface area contributed by atoms with Crippen molar-refractivity contribution in [2.75, 3.05) is 6.54 Å². The number of nitrogens with two attached hydrogens (primary N) is 1. The number of carboxylic acid groups (broad SMARTS) is 1. The zero-order valence-corrected chi connectivity index (χ0v) is 22.8. The largest absolute Gasteiger partial charge is 0.481 e. The Labute approximate surface area is 228 Å². The monoisotopic (exact) mass is 557 g/mol. The molecule has 11 nitrogen and oxygen atoms in total. The molecule has 6 N–H and O–H groups in total. The number of carboxylic acids is 1. The molecule has 39 heavy (non-hydrogen) atoms. The highest BCUT2D eigenvalue weighted by molar-refractivity contribution is 7.90. The summed E-state index contributed by atoms with van der Waals surface area (Å²) in [5.74, 6) is -2.62. The summed E-state index contributed by atoms with van der Waals surface area (Å²) in [6, 6.07) is 14.3. The van der Waals surface area contributed by atoms with E-state index in [1.54, 1.807) is 54.6 Å². The van der Waals surface area contributed by atoms with Crippen LogP contribution < -0.4 is 15.8 Å². The molecule has 3 rings (SSSR count). The smallest absolute Gasteiger partial charge is 0.306 e. The normalized spacial score (nSPS) is 18.1. The van der Waals surface area contributed by atoms with Gasteiger partial charge < -0.3 is 21.1 Å². The Bertz CT molecular complexity index is 1310. The predicted molar refractivity (Wildman–Crippen MR) is 146 cm³/mol. The van der Waals surface area contributed by atoms with Gasteiger partial charge in [-0.1, -0.05) is 54.6 Å². The van der Waals surface area contributed by atoms with Gasteiger partial charge in [-0.3, -0.25) is 19.8 Å². The van der Waals surface area contributed by atoms with Crippen LogP contribution in [0.15, 0.2) is 54.6 Å². The summed E-state index contributed by atoms with van der Waals surface area (Å²) in [5.41, 5.74) is 5.73. The lowest BCUT2D eigenvalue weighted by molar-refractivity contribution is -0.152. The van der Waals surface area contributed by atoms with Crippen LogP contribution in [0.4, 0.5) is 0 Å². The Hall–Kier alpha value is -3.77. The second-order valence-electron chi connectivity index (χ2n) is 9.94. The number of amidine groups is 1. The first-order valence-corrected chi connectivity index (χ1v) is 14.2. The highest BCUT2D eigenvalue weighted by Gasteiger charge is 2.52. The minimum absolute atomic E-state index is 0.0371. The third-order valence-corrected chi connectivity index (χ3v) is 8.70. The number of carbonyl (C=O) groups is 3. The van der Waals surface area contributed by atoms with Crippen molar-refractivity contribution in [3.63, 3.8) is 0 Å². The van der Waals surface area contributed by atoms with E-state index in [1.807, 2.05) is 0 Å². The van der Waals surface area contributed by atoms with Crippen molar-refractivity contribution >= 4 is 33.6 Å². The molecular weight excluding hydrogens is 522 g/mol. The summed E-state index contributed by atoms with van der Waals surface area (Å²) in [7, 11) is -3.87. The summed E-state index contributed by atoms with van der Waals surface area (Å²) >= 11 is 0. The van der Waals surface area contributed by atoms with E-state index in [0.717, 1.165) is 0 Å². The van der Waals surface area contributed by atoms with Crippen molar-refractivity contribution in [1.82, 2.24) is 14.9 Å². The van der Waals surface area contributed by atoms with Gasteiger partial charge in [-0.15, -0.1) is 0 Å². The predicted octanol–water partition coefficient (Wildman–Crippen LogP) is 1.36. The van der Waals surface area contributed by atoms with Gasteiger partial charge in [0, 0.05) is 18.7 Å². The highest BCUT2D eigenvalue weighted by Crippen LogP contribution is 2.34. The van der Waals surface area contributed by atoms with Crippen molar-refractivity contribution in [3.05, 3.63) is 71.3 Å². The van der Waals surface area contributed by atoms with Crippen LogP contribution in [0.25, 0.3) is 0 Å². The van der Waals surface area contributed by atoms with E-state index in [1.165, 1.54) is 18.7 Å². The zero-order valence-electron chi connectivity index (χ0n) is 22.0. The molecule has 1 aliphatic heterocycles. The number of nitrogens with one attached hydrogen (secondary N) is 3. The number of carbonyl (C=O) groups excluding carboxylic acids is 2. The Morgan fingerprint density at radius 1 is 1.08 bits per heavy atom. The quantitative estimate of drug-likeness (QED) is 0.193. The van der Waals surface area contributed by atoms with Crippen LogP contribution in [0.1, 0.15) is 49.8 Å². The maximum Gasteiger partial charge on any atom is 0.306 e. The lowest BCUT2D eigenvalue weighted by Gasteiger charge is -2.38. The fraction of sp³-hybridized carbons (Fsp3) is 0.407. The molecule has 0 aromatic heterocycles. The molecule has 0 unspecified atom stereocenters. The molecule has 0 aliphatic carbocycles. The Balaban J connectivity index is 1.90. The van der Waals surface area contributed by atoms with Crippen molar-refractivity contribution < 1.29 is 27.9 Å². The molecule has 1 aliphatic rings. The van der Waals surface area contributed by atoms with Crippen molar-refractivity contribution in [2.45, 2.75) is 62.9 Å². The number of aliphatic carboxylic acids is 1. The molecule has 2 amide bonds. The number of benzene rings is 2.